The standard InChI is InChI=1S/C64H52B2O2/c1-33-17-15-18-34(2)55(33)39-29-41-45-25-37(63(5,6)7)27-53-61(45)66(48-22-12-14-24-52(48)67-53)50-32-44-40(56-35(3)19-16-20-36(56)4)30-42-46-26-38(64(8,9)10)28-54-62(46)65(47-21-11-13-23-51(47)68-54)49-31-43(39)59(57(41)50)60(44)58(42)49/h11-32H,1-10H3. The Kier molecular flexibility index (Phi) is 7.87. The molecule has 10 aromatic rings. The van der Waals surface area contributed by atoms with Crippen molar-refractivity contribution < 1.29 is 9.47 Å². The van der Waals surface area contributed by atoms with Crippen LogP contribution in [0.4, 0.5) is 0 Å². The average Bonchev–Trinajstić information content (AvgIpc) is 3.30. The molecule has 0 saturated heterocycles. The number of fused-ring (bicyclic) bond motifs is 8. The fraction of sp³-hybridized carbons (Fsp3) is 0.188. The van der Waals surface area contributed by atoms with Crippen molar-refractivity contribution in [3.05, 3.63) is 167 Å². The molecule has 0 aliphatic carbocycles. The lowest BCUT2D eigenvalue weighted by molar-refractivity contribution is 0.483. The molecule has 0 aromatic heterocycles. The van der Waals surface area contributed by atoms with Gasteiger partial charge in [0.25, 0.3) is 13.4 Å². The molecule has 68 heavy (non-hydrogen) atoms. The zero-order chi connectivity index (χ0) is 46.4. The highest BCUT2D eigenvalue weighted by Gasteiger charge is 2.45. The van der Waals surface area contributed by atoms with Crippen LogP contribution in [0, 0.1) is 27.7 Å². The van der Waals surface area contributed by atoms with Crippen molar-refractivity contribution in [3.8, 4) is 67.5 Å². The van der Waals surface area contributed by atoms with Crippen LogP contribution in [0.2, 0.25) is 0 Å². The molecule has 0 unspecified atom stereocenters. The van der Waals surface area contributed by atoms with Crippen LogP contribution in [-0.4, -0.2) is 13.4 Å². The maximum absolute atomic E-state index is 7.06. The monoisotopic (exact) mass is 874 g/mol. The van der Waals surface area contributed by atoms with E-state index in [0.29, 0.717) is 0 Å². The fourth-order valence-corrected chi connectivity index (χ4v) is 13.2. The normalized spacial score (nSPS) is 13.9. The van der Waals surface area contributed by atoms with Gasteiger partial charge in [-0.2, -0.15) is 0 Å². The quantitative estimate of drug-likeness (QED) is 0.127. The van der Waals surface area contributed by atoms with E-state index in [0.717, 1.165) is 23.0 Å². The second kappa shape index (κ2) is 13.4. The van der Waals surface area contributed by atoms with Crippen molar-refractivity contribution in [1.29, 1.82) is 0 Å². The first kappa shape index (κ1) is 40.1. The smallest absolute Gasteiger partial charge is 0.252 e. The number of benzene rings is 10. The Balaban J connectivity index is 1.27. The van der Waals surface area contributed by atoms with Gasteiger partial charge in [0.2, 0.25) is 0 Å². The largest absolute Gasteiger partial charge is 0.458 e. The number of hydrogen-bond acceptors (Lipinski definition) is 2. The van der Waals surface area contributed by atoms with Crippen LogP contribution < -0.4 is 42.3 Å². The van der Waals surface area contributed by atoms with Gasteiger partial charge in [-0.3, -0.25) is 0 Å². The molecule has 10 aromatic carbocycles. The molecule has 4 aliphatic rings. The zero-order valence-corrected chi connectivity index (χ0v) is 40.7. The molecule has 4 heteroatoms. The summed E-state index contributed by atoms with van der Waals surface area (Å²) in [4.78, 5) is 0. The maximum atomic E-state index is 7.06. The number of aryl methyl sites for hydroxylation is 4. The van der Waals surface area contributed by atoms with Crippen LogP contribution in [0.25, 0.3) is 76.8 Å². The van der Waals surface area contributed by atoms with Crippen LogP contribution in [0.3, 0.4) is 0 Å². The average molecular weight is 875 g/mol. The number of para-hydroxylation sites is 2. The molecule has 326 valence electrons. The van der Waals surface area contributed by atoms with Crippen molar-refractivity contribution in [2.45, 2.75) is 80.1 Å². The molecule has 0 saturated carbocycles. The Labute approximate surface area is 400 Å². The topological polar surface area (TPSA) is 18.5 Å². The highest BCUT2D eigenvalue weighted by Crippen LogP contribution is 2.53. The molecule has 0 atom stereocenters. The Morgan fingerprint density at radius 3 is 1.10 bits per heavy atom. The third-order valence-corrected chi connectivity index (χ3v) is 16.4. The van der Waals surface area contributed by atoms with E-state index in [1.54, 1.807) is 0 Å². The lowest BCUT2D eigenvalue weighted by Gasteiger charge is -2.38. The van der Waals surface area contributed by atoms with Crippen molar-refractivity contribution in [2.24, 2.45) is 0 Å². The molecule has 4 heterocycles. The van der Waals surface area contributed by atoms with E-state index in [4.69, 9.17) is 9.47 Å². The van der Waals surface area contributed by atoms with E-state index in [-0.39, 0.29) is 24.3 Å². The summed E-state index contributed by atoms with van der Waals surface area (Å²) in [6, 6.07) is 51.3. The van der Waals surface area contributed by atoms with Gasteiger partial charge in [0.05, 0.1) is 0 Å². The third-order valence-electron chi connectivity index (χ3n) is 16.4. The van der Waals surface area contributed by atoms with Gasteiger partial charge in [-0.1, -0.05) is 150 Å². The van der Waals surface area contributed by atoms with Crippen LogP contribution in [0.5, 0.6) is 23.0 Å². The van der Waals surface area contributed by atoms with Gasteiger partial charge in [-0.25, -0.2) is 0 Å². The molecule has 0 spiro atoms. The summed E-state index contributed by atoms with van der Waals surface area (Å²) in [7, 11) is 0. The maximum Gasteiger partial charge on any atom is 0.252 e. The van der Waals surface area contributed by atoms with Gasteiger partial charge in [0.1, 0.15) is 23.0 Å². The predicted octanol–water partition coefficient (Wildman–Crippen LogP) is 13.0. The molecule has 0 radical (unpaired) electrons. The number of rotatable bonds is 2. The molecule has 0 amide bonds. The van der Waals surface area contributed by atoms with Crippen LogP contribution in [-0.2, 0) is 10.8 Å². The van der Waals surface area contributed by atoms with Gasteiger partial charge in [-0.05, 0) is 207 Å². The van der Waals surface area contributed by atoms with Crippen molar-refractivity contribution in [2.75, 3.05) is 0 Å². The van der Waals surface area contributed by atoms with Crippen LogP contribution in [0.15, 0.2) is 133 Å². The summed E-state index contributed by atoms with van der Waals surface area (Å²) >= 11 is 0. The second-order valence-electron chi connectivity index (χ2n) is 22.5. The third kappa shape index (κ3) is 5.21. The van der Waals surface area contributed by atoms with E-state index >= 15 is 0 Å². The first-order valence-corrected chi connectivity index (χ1v) is 24.6. The van der Waals surface area contributed by atoms with Crippen molar-refractivity contribution >= 4 is 78.5 Å². The summed E-state index contributed by atoms with van der Waals surface area (Å²) < 4.78 is 14.1. The van der Waals surface area contributed by atoms with E-state index in [1.807, 2.05) is 0 Å². The second-order valence-corrected chi connectivity index (χ2v) is 22.5. The molecule has 14 rings (SSSR count). The van der Waals surface area contributed by atoms with Crippen LogP contribution in [0.1, 0.15) is 74.9 Å². The summed E-state index contributed by atoms with van der Waals surface area (Å²) in [6.07, 6.45) is 0. The number of ether oxygens (including phenoxy) is 2. The Hall–Kier alpha value is -7.03. The van der Waals surface area contributed by atoms with Gasteiger partial charge >= 0.3 is 0 Å². The molecule has 0 fully saturated rings. The van der Waals surface area contributed by atoms with Gasteiger partial charge in [0, 0.05) is 0 Å². The molecule has 2 nitrogen and oxygen atoms in total. The minimum Gasteiger partial charge on any atom is -0.458 e. The Morgan fingerprint density at radius 2 is 0.721 bits per heavy atom. The predicted molar refractivity (Wildman–Crippen MR) is 291 cm³/mol. The Bertz CT molecular complexity index is 3640. The summed E-state index contributed by atoms with van der Waals surface area (Å²) in [6.45, 7) is 23.1. The molecule has 0 bridgehead atoms. The molecule has 0 N–H and O–H groups in total. The lowest BCUT2D eigenvalue weighted by atomic mass is 9.31. The van der Waals surface area contributed by atoms with Crippen LogP contribution >= 0.6 is 0 Å². The number of hydrogen-bond donors (Lipinski definition) is 0. The summed E-state index contributed by atoms with van der Waals surface area (Å²) in [5, 5.41) is 8.11. The minimum absolute atomic E-state index is 0.0120. The Morgan fingerprint density at radius 1 is 0.338 bits per heavy atom. The summed E-state index contributed by atoms with van der Waals surface area (Å²) in [5.41, 5.74) is 25.6. The van der Waals surface area contributed by atoms with Crippen molar-refractivity contribution in [3.63, 3.8) is 0 Å². The molecular formula is C64H52B2O2. The zero-order valence-electron chi connectivity index (χ0n) is 40.7. The molecule has 4 aliphatic heterocycles. The SMILES string of the molecule is Cc1cccc(C)c1-c1cc2c3c(cc4c(-c5c(C)cccc5C)cc5c6c(cc1c3c46)B1c3ccccc3Oc3cc(C(C)(C)C)cc-5c31)B1c3ccccc3Oc3cc(C(C)(C)C)cc-2c31. The van der Waals surface area contributed by atoms with E-state index in [1.165, 1.54) is 143 Å². The van der Waals surface area contributed by atoms with E-state index in [9.17, 15) is 0 Å². The van der Waals surface area contributed by atoms with Gasteiger partial charge in [0.15, 0.2) is 0 Å². The molecular weight excluding hydrogens is 822 g/mol. The fourth-order valence-electron chi connectivity index (χ4n) is 13.2. The van der Waals surface area contributed by atoms with Gasteiger partial charge in [-0.15, -0.1) is 0 Å². The highest BCUT2D eigenvalue weighted by molar-refractivity contribution is 7.01. The van der Waals surface area contributed by atoms with E-state index < -0.39 is 0 Å². The first-order valence-electron chi connectivity index (χ1n) is 24.6. The summed E-state index contributed by atoms with van der Waals surface area (Å²) in [5.74, 6) is 3.84. The van der Waals surface area contributed by atoms with Gasteiger partial charge < -0.3 is 9.47 Å². The lowest BCUT2D eigenvalue weighted by Crippen LogP contribution is -2.58. The van der Waals surface area contributed by atoms with E-state index in [2.05, 4.69) is 203 Å². The van der Waals surface area contributed by atoms with Crippen molar-refractivity contribution in [1.82, 2.24) is 0 Å². The highest BCUT2D eigenvalue weighted by atomic mass is 16.5. The first-order chi connectivity index (χ1) is 32.7. The minimum atomic E-state index is -0.0971.